The SMILES string of the molecule is CO[C@@H]1O[C@H](OC)C2=C1CC[C@H]1[C@@]2(CO)CC[C@@H]2[C@]1(C)CC(=O)[C@H](O)[C@]2(C)CO. The highest BCUT2D eigenvalue weighted by atomic mass is 16.8. The van der Waals surface area contributed by atoms with E-state index < -0.39 is 34.9 Å². The molecule has 0 saturated heterocycles. The van der Waals surface area contributed by atoms with Gasteiger partial charge in [-0.25, -0.2) is 0 Å². The van der Waals surface area contributed by atoms with Gasteiger partial charge in [0.15, 0.2) is 18.4 Å². The van der Waals surface area contributed by atoms with Gasteiger partial charge in [-0.1, -0.05) is 13.8 Å². The summed E-state index contributed by atoms with van der Waals surface area (Å²) in [6, 6.07) is 0. The number of aliphatic hydroxyl groups excluding tert-OH is 3. The summed E-state index contributed by atoms with van der Waals surface area (Å²) in [5, 5.41) is 31.6. The lowest BCUT2D eigenvalue weighted by molar-refractivity contribution is -0.204. The number of Topliss-reactive ketones (excluding diaryl/α,β-unsaturated/α-hetero) is 1. The van der Waals surface area contributed by atoms with Crippen molar-refractivity contribution >= 4 is 5.78 Å². The highest BCUT2D eigenvalue weighted by Crippen LogP contribution is 2.69. The standard InChI is InChI=1S/C22H34O7/c1-20-9-13(25)17(26)21(2,10-23)14(20)7-8-22(11-24)15(20)6-5-12-16(22)19(28-4)29-18(12)27-3/h14-15,17-19,23-24,26H,5-11H2,1-4H3/t14-,15-,17+,18-,19+,20+,21-,22+/m1/s1. The predicted molar refractivity (Wildman–Crippen MR) is 104 cm³/mol. The van der Waals surface area contributed by atoms with Crippen LogP contribution in [0.15, 0.2) is 11.1 Å². The van der Waals surface area contributed by atoms with Crippen LogP contribution in [0.3, 0.4) is 0 Å². The Morgan fingerprint density at radius 3 is 2.34 bits per heavy atom. The van der Waals surface area contributed by atoms with Crippen molar-refractivity contribution in [3.05, 3.63) is 11.1 Å². The third-order valence-electron chi connectivity index (χ3n) is 8.82. The molecule has 0 radical (unpaired) electrons. The summed E-state index contributed by atoms with van der Waals surface area (Å²) < 4.78 is 17.1. The summed E-state index contributed by atoms with van der Waals surface area (Å²) in [5.74, 6) is -0.202. The second-order valence-corrected chi connectivity index (χ2v) is 9.92. The van der Waals surface area contributed by atoms with Crippen molar-refractivity contribution in [3.63, 3.8) is 0 Å². The molecule has 0 amide bonds. The monoisotopic (exact) mass is 410 g/mol. The molecule has 2 saturated carbocycles. The number of hydrogen-bond acceptors (Lipinski definition) is 7. The Labute approximate surface area is 172 Å². The Hall–Kier alpha value is -0.830. The van der Waals surface area contributed by atoms with E-state index in [2.05, 4.69) is 6.92 Å². The number of aliphatic hydroxyl groups is 3. The normalized spacial score (nSPS) is 49.6. The van der Waals surface area contributed by atoms with Crippen molar-refractivity contribution in [1.29, 1.82) is 0 Å². The van der Waals surface area contributed by atoms with Crippen molar-refractivity contribution < 1.29 is 34.3 Å². The molecule has 3 N–H and O–H groups in total. The number of fused-ring (bicyclic) bond motifs is 4. The summed E-state index contributed by atoms with van der Waals surface area (Å²) in [7, 11) is 3.20. The summed E-state index contributed by atoms with van der Waals surface area (Å²) in [6.45, 7) is 3.66. The average Bonchev–Trinajstić information content (AvgIpc) is 3.10. The van der Waals surface area contributed by atoms with E-state index in [1.165, 1.54) is 0 Å². The maximum absolute atomic E-state index is 12.8. The molecule has 7 nitrogen and oxygen atoms in total. The Morgan fingerprint density at radius 2 is 1.76 bits per heavy atom. The summed E-state index contributed by atoms with van der Waals surface area (Å²) >= 11 is 0. The van der Waals surface area contributed by atoms with Gasteiger partial charge in [0.25, 0.3) is 0 Å². The highest BCUT2D eigenvalue weighted by Gasteiger charge is 2.67. The molecule has 0 aromatic rings. The molecule has 0 aromatic carbocycles. The first-order chi connectivity index (χ1) is 13.7. The minimum absolute atomic E-state index is 0.0129. The van der Waals surface area contributed by atoms with Gasteiger partial charge in [0.2, 0.25) is 0 Å². The van der Waals surface area contributed by atoms with E-state index in [9.17, 15) is 20.1 Å². The molecule has 1 heterocycles. The zero-order chi connectivity index (χ0) is 21.2. The molecule has 164 valence electrons. The second kappa shape index (κ2) is 7.11. The van der Waals surface area contributed by atoms with Crippen LogP contribution in [0.2, 0.25) is 0 Å². The molecule has 0 spiro atoms. The van der Waals surface area contributed by atoms with Crippen molar-refractivity contribution in [2.75, 3.05) is 27.4 Å². The number of ketones is 1. The molecule has 8 atom stereocenters. The number of methoxy groups -OCH3 is 2. The van der Waals surface area contributed by atoms with Gasteiger partial charge in [-0.2, -0.15) is 0 Å². The van der Waals surface area contributed by atoms with Gasteiger partial charge in [0.1, 0.15) is 6.10 Å². The van der Waals surface area contributed by atoms with E-state index in [0.29, 0.717) is 12.8 Å². The Kier molecular flexibility index (Phi) is 5.25. The molecule has 4 aliphatic rings. The first-order valence-corrected chi connectivity index (χ1v) is 10.6. The lowest BCUT2D eigenvalue weighted by Crippen LogP contribution is -2.65. The van der Waals surface area contributed by atoms with Gasteiger partial charge in [-0.3, -0.25) is 4.79 Å². The highest BCUT2D eigenvalue weighted by molar-refractivity contribution is 5.85. The smallest absolute Gasteiger partial charge is 0.183 e. The lowest BCUT2D eigenvalue weighted by Gasteiger charge is -2.65. The van der Waals surface area contributed by atoms with Crippen LogP contribution in [-0.2, 0) is 19.0 Å². The largest absolute Gasteiger partial charge is 0.396 e. The lowest BCUT2D eigenvalue weighted by atomic mass is 9.39. The number of carbonyl (C=O) groups excluding carboxylic acids is 1. The molecule has 0 unspecified atom stereocenters. The molecule has 1 aliphatic heterocycles. The van der Waals surface area contributed by atoms with Crippen molar-refractivity contribution in [2.45, 2.75) is 64.6 Å². The Bertz CT molecular complexity index is 720. The molecule has 3 aliphatic carbocycles. The fourth-order valence-corrected chi connectivity index (χ4v) is 7.56. The molecule has 0 bridgehead atoms. The molecule has 29 heavy (non-hydrogen) atoms. The zero-order valence-corrected chi connectivity index (χ0v) is 17.8. The van der Waals surface area contributed by atoms with Gasteiger partial charge in [-0.15, -0.1) is 0 Å². The fraction of sp³-hybridized carbons (Fsp3) is 0.864. The van der Waals surface area contributed by atoms with Crippen LogP contribution in [0, 0.1) is 28.1 Å². The van der Waals surface area contributed by atoms with E-state index in [4.69, 9.17) is 14.2 Å². The maximum Gasteiger partial charge on any atom is 0.183 e. The van der Waals surface area contributed by atoms with Gasteiger partial charge in [0, 0.05) is 31.5 Å². The number of rotatable bonds is 4. The fourth-order valence-electron chi connectivity index (χ4n) is 7.56. The van der Waals surface area contributed by atoms with Gasteiger partial charge in [0.05, 0.1) is 13.2 Å². The number of hydrogen-bond donors (Lipinski definition) is 3. The summed E-state index contributed by atoms with van der Waals surface area (Å²) in [5.41, 5.74) is 0.179. The predicted octanol–water partition coefficient (Wildman–Crippen LogP) is 1.40. The molecule has 0 aromatic heterocycles. The van der Waals surface area contributed by atoms with E-state index in [1.807, 2.05) is 6.92 Å². The zero-order valence-electron chi connectivity index (χ0n) is 17.8. The molecular formula is C22H34O7. The molecule has 2 fully saturated rings. The summed E-state index contributed by atoms with van der Waals surface area (Å²) in [6.07, 6.45) is 1.04. The Balaban J connectivity index is 1.83. The van der Waals surface area contributed by atoms with Crippen LogP contribution < -0.4 is 0 Å². The third kappa shape index (κ3) is 2.61. The van der Waals surface area contributed by atoms with E-state index in [-0.39, 0.29) is 37.3 Å². The van der Waals surface area contributed by atoms with Crippen LogP contribution in [0.1, 0.15) is 46.0 Å². The van der Waals surface area contributed by atoms with E-state index in [0.717, 1.165) is 24.0 Å². The van der Waals surface area contributed by atoms with Crippen LogP contribution in [-0.4, -0.2) is 67.2 Å². The van der Waals surface area contributed by atoms with Crippen molar-refractivity contribution in [2.24, 2.45) is 28.1 Å². The first-order valence-electron chi connectivity index (χ1n) is 10.6. The number of ether oxygens (including phenoxy) is 3. The minimum Gasteiger partial charge on any atom is -0.396 e. The molecule has 7 heteroatoms. The Morgan fingerprint density at radius 1 is 1.07 bits per heavy atom. The van der Waals surface area contributed by atoms with Crippen LogP contribution in [0.5, 0.6) is 0 Å². The summed E-state index contributed by atoms with van der Waals surface area (Å²) in [4.78, 5) is 12.8. The quantitative estimate of drug-likeness (QED) is 0.602. The van der Waals surface area contributed by atoms with Crippen molar-refractivity contribution in [1.82, 2.24) is 0 Å². The van der Waals surface area contributed by atoms with Crippen LogP contribution >= 0.6 is 0 Å². The third-order valence-corrected chi connectivity index (χ3v) is 8.82. The first kappa shape index (κ1) is 21.4. The van der Waals surface area contributed by atoms with Crippen molar-refractivity contribution in [3.8, 4) is 0 Å². The topological polar surface area (TPSA) is 105 Å². The van der Waals surface area contributed by atoms with E-state index >= 15 is 0 Å². The second-order valence-electron chi connectivity index (χ2n) is 9.92. The van der Waals surface area contributed by atoms with Crippen LogP contribution in [0.25, 0.3) is 0 Å². The van der Waals surface area contributed by atoms with E-state index in [1.54, 1.807) is 14.2 Å². The minimum atomic E-state index is -1.15. The van der Waals surface area contributed by atoms with Crippen LogP contribution in [0.4, 0.5) is 0 Å². The van der Waals surface area contributed by atoms with Gasteiger partial charge < -0.3 is 29.5 Å². The average molecular weight is 411 g/mol. The molecular weight excluding hydrogens is 376 g/mol. The maximum atomic E-state index is 12.8. The molecule has 4 rings (SSSR count). The van der Waals surface area contributed by atoms with Gasteiger partial charge in [-0.05, 0) is 54.1 Å². The van der Waals surface area contributed by atoms with Gasteiger partial charge >= 0.3 is 0 Å². The number of carbonyl (C=O) groups is 1.